The van der Waals surface area contributed by atoms with Crippen LogP contribution in [0.3, 0.4) is 0 Å². The van der Waals surface area contributed by atoms with Gasteiger partial charge in [0.2, 0.25) is 0 Å². The van der Waals surface area contributed by atoms with Gasteiger partial charge in [0, 0.05) is 24.7 Å². The molecule has 1 heterocycles. The first-order valence-corrected chi connectivity index (χ1v) is 8.36. The Labute approximate surface area is 135 Å². The van der Waals surface area contributed by atoms with Gasteiger partial charge in [0.1, 0.15) is 0 Å². The summed E-state index contributed by atoms with van der Waals surface area (Å²) in [6.07, 6.45) is 5.82. The molecule has 1 saturated heterocycles. The second-order valence-electron chi connectivity index (χ2n) is 6.04. The third-order valence-corrected chi connectivity index (χ3v) is 5.28. The van der Waals surface area contributed by atoms with Gasteiger partial charge in [-0.15, -0.1) is 0 Å². The van der Waals surface area contributed by atoms with Crippen molar-refractivity contribution < 1.29 is 4.79 Å². The molecular weight excluding hydrogens is 307 g/mol. The minimum Gasteiger partial charge on any atom is -0.330 e. The summed E-state index contributed by atoms with van der Waals surface area (Å²) in [4.78, 5) is 15.0. The van der Waals surface area contributed by atoms with Crippen LogP contribution >= 0.6 is 23.2 Å². The lowest BCUT2D eigenvalue weighted by molar-refractivity contribution is 0.0223. The monoisotopic (exact) mass is 326 g/mol. The highest BCUT2D eigenvalue weighted by Crippen LogP contribution is 2.36. The average Bonchev–Trinajstić information content (AvgIpc) is 2.48. The fourth-order valence-corrected chi connectivity index (χ4v) is 4.12. The lowest BCUT2D eigenvalue weighted by Crippen LogP contribution is -2.63. The molecule has 1 aromatic rings. The Morgan fingerprint density at radius 3 is 2.67 bits per heavy atom. The summed E-state index contributed by atoms with van der Waals surface area (Å²) in [5.41, 5.74) is 0.532. The van der Waals surface area contributed by atoms with Crippen molar-refractivity contribution in [3.05, 3.63) is 33.8 Å². The molecule has 21 heavy (non-hydrogen) atoms. The summed E-state index contributed by atoms with van der Waals surface area (Å²) in [6, 6.07) is 5.12. The third-order valence-electron chi connectivity index (χ3n) is 4.73. The van der Waals surface area contributed by atoms with Gasteiger partial charge in [0.15, 0.2) is 0 Å². The van der Waals surface area contributed by atoms with E-state index in [-0.39, 0.29) is 11.4 Å². The maximum Gasteiger partial charge on any atom is 0.255 e. The number of benzene rings is 1. The van der Waals surface area contributed by atoms with E-state index in [2.05, 4.69) is 10.2 Å². The Morgan fingerprint density at radius 1 is 1.19 bits per heavy atom. The van der Waals surface area contributed by atoms with Crippen molar-refractivity contribution in [3.63, 3.8) is 0 Å². The predicted octanol–water partition coefficient (Wildman–Crippen LogP) is 3.74. The SMILES string of the molecule is O=C(c1ccc(Cl)cc1Cl)N1CCNCC12CCCCC2. The minimum atomic E-state index is -0.0312. The summed E-state index contributed by atoms with van der Waals surface area (Å²) in [5, 5.41) is 4.46. The molecule has 3 nitrogen and oxygen atoms in total. The molecule has 0 radical (unpaired) electrons. The normalized spacial score (nSPS) is 21.5. The van der Waals surface area contributed by atoms with Gasteiger partial charge in [-0.2, -0.15) is 0 Å². The summed E-state index contributed by atoms with van der Waals surface area (Å²) in [6.45, 7) is 2.49. The topological polar surface area (TPSA) is 32.3 Å². The smallest absolute Gasteiger partial charge is 0.255 e. The van der Waals surface area contributed by atoms with Crippen molar-refractivity contribution in [2.75, 3.05) is 19.6 Å². The zero-order valence-electron chi connectivity index (χ0n) is 12.0. The lowest BCUT2D eigenvalue weighted by atomic mass is 9.78. The molecule has 1 aromatic carbocycles. The first kappa shape index (κ1) is 15.1. The number of hydrogen-bond acceptors (Lipinski definition) is 2. The Kier molecular flexibility index (Phi) is 4.43. The molecule has 2 fully saturated rings. The van der Waals surface area contributed by atoms with E-state index in [4.69, 9.17) is 23.2 Å². The number of carbonyl (C=O) groups excluding carboxylic acids is 1. The van der Waals surface area contributed by atoms with Crippen LogP contribution in [0.1, 0.15) is 42.5 Å². The quantitative estimate of drug-likeness (QED) is 0.852. The molecule has 114 valence electrons. The number of nitrogens with zero attached hydrogens (tertiary/aromatic N) is 1. The maximum absolute atomic E-state index is 13.0. The molecule has 5 heteroatoms. The molecule has 1 N–H and O–H groups in total. The molecule has 2 aliphatic rings. The number of rotatable bonds is 1. The lowest BCUT2D eigenvalue weighted by Gasteiger charge is -2.50. The summed E-state index contributed by atoms with van der Waals surface area (Å²) < 4.78 is 0. The van der Waals surface area contributed by atoms with E-state index in [1.165, 1.54) is 19.3 Å². The zero-order chi connectivity index (χ0) is 14.9. The predicted molar refractivity (Wildman–Crippen MR) is 86.2 cm³/mol. The highest BCUT2D eigenvalue weighted by Gasteiger charge is 2.42. The van der Waals surface area contributed by atoms with Crippen LogP contribution < -0.4 is 5.32 Å². The largest absolute Gasteiger partial charge is 0.330 e. The van der Waals surface area contributed by atoms with Crippen LogP contribution in [0.5, 0.6) is 0 Å². The Hall–Kier alpha value is -0.770. The number of amides is 1. The Balaban J connectivity index is 1.90. The van der Waals surface area contributed by atoms with Crippen molar-refractivity contribution in [3.8, 4) is 0 Å². The van der Waals surface area contributed by atoms with E-state index in [0.717, 1.165) is 32.5 Å². The third kappa shape index (κ3) is 2.92. The van der Waals surface area contributed by atoms with E-state index >= 15 is 0 Å². The highest BCUT2D eigenvalue weighted by molar-refractivity contribution is 6.36. The zero-order valence-corrected chi connectivity index (χ0v) is 13.5. The van der Waals surface area contributed by atoms with Crippen molar-refractivity contribution in [2.24, 2.45) is 0 Å². The average molecular weight is 327 g/mol. The molecule has 0 bridgehead atoms. The number of piperazine rings is 1. The van der Waals surface area contributed by atoms with Gasteiger partial charge in [-0.25, -0.2) is 0 Å². The van der Waals surface area contributed by atoms with Crippen molar-refractivity contribution in [2.45, 2.75) is 37.6 Å². The van der Waals surface area contributed by atoms with E-state index in [1.807, 2.05) is 0 Å². The van der Waals surface area contributed by atoms with E-state index in [0.29, 0.717) is 15.6 Å². The van der Waals surface area contributed by atoms with Crippen LogP contribution in [0.4, 0.5) is 0 Å². The van der Waals surface area contributed by atoms with Gasteiger partial charge in [0.25, 0.3) is 5.91 Å². The summed E-state index contributed by atoms with van der Waals surface area (Å²) >= 11 is 12.2. The van der Waals surface area contributed by atoms with Gasteiger partial charge < -0.3 is 10.2 Å². The molecule has 0 aromatic heterocycles. The maximum atomic E-state index is 13.0. The van der Waals surface area contributed by atoms with Gasteiger partial charge in [-0.05, 0) is 31.0 Å². The van der Waals surface area contributed by atoms with Gasteiger partial charge in [-0.3, -0.25) is 4.79 Å². The Bertz CT molecular complexity index is 533. The molecule has 3 rings (SSSR count). The van der Waals surface area contributed by atoms with Crippen molar-refractivity contribution in [1.82, 2.24) is 10.2 Å². The fraction of sp³-hybridized carbons (Fsp3) is 0.562. The second-order valence-corrected chi connectivity index (χ2v) is 6.89. The molecular formula is C16H20Cl2N2O. The first-order valence-electron chi connectivity index (χ1n) is 7.60. The molecule has 1 amide bonds. The van der Waals surface area contributed by atoms with Crippen LogP contribution in [0.2, 0.25) is 10.0 Å². The molecule has 0 atom stereocenters. The molecule has 1 aliphatic carbocycles. The summed E-state index contributed by atoms with van der Waals surface area (Å²) in [5.74, 6) is 0.0417. The number of carbonyl (C=O) groups is 1. The fourth-order valence-electron chi connectivity index (χ4n) is 3.63. The van der Waals surface area contributed by atoms with Crippen LogP contribution in [-0.2, 0) is 0 Å². The minimum absolute atomic E-state index is 0.0312. The van der Waals surface area contributed by atoms with Crippen LogP contribution in [0.15, 0.2) is 18.2 Å². The number of halogens is 2. The number of nitrogens with one attached hydrogen (secondary N) is 1. The standard InChI is InChI=1S/C16H20Cl2N2O/c17-12-4-5-13(14(18)10-12)15(21)20-9-8-19-11-16(20)6-2-1-3-7-16/h4-5,10,19H,1-3,6-9,11H2. The highest BCUT2D eigenvalue weighted by atomic mass is 35.5. The summed E-state index contributed by atoms with van der Waals surface area (Å²) in [7, 11) is 0. The Morgan fingerprint density at radius 2 is 1.95 bits per heavy atom. The van der Waals surface area contributed by atoms with Crippen LogP contribution in [0.25, 0.3) is 0 Å². The van der Waals surface area contributed by atoms with Crippen molar-refractivity contribution in [1.29, 1.82) is 0 Å². The molecule has 1 saturated carbocycles. The van der Waals surface area contributed by atoms with Crippen LogP contribution in [-0.4, -0.2) is 36.0 Å². The van der Waals surface area contributed by atoms with Gasteiger partial charge in [0.05, 0.1) is 16.1 Å². The van der Waals surface area contributed by atoms with E-state index in [1.54, 1.807) is 18.2 Å². The number of hydrogen-bond donors (Lipinski definition) is 1. The molecule has 1 spiro atoms. The molecule has 0 unspecified atom stereocenters. The second kappa shape index (κ2) is 6.15. The van der Waals surface area contributed by atoms with E-state index < -0.39 is 0 Å². The molecule has 1 aliphatic heterocycles. The van der Waals surface area contributed by atoms with E-state index in [9.17, 15) is 4.79 Å². The van der Waals surface area contributed by atoms with Gasteiger partial charge in [-0.1, -0.05) is 42.5 Å². The van der Waals surface area contributed by atoms with Crippen molar-refractivity contribution >= 4 is 29.1 Å². The van der Waals surface area contributed by atoms with Gasteiger partial charge >= 0.3 is 0 Å². The van der Waals surface area contributed by atoms with Crippen LogP contribution in [0, 0.1) is 0 Å². The first-order chi connectivity index (χ1) is 10.1.